The van der Waals surface area contributed by atoms with Crippen LogP contribution < -0.4 is 4.74 Å². The van der Waals surface area contributed by atoms with E-state index in [1.807, 2.05) is 34.7 Å². The monoisotopic (exact) mass is 279 g/mol. The Balaban J connectivity index is 1.98. The molecule has 3 rings (SSSR count). The maximum atomic E-state index is 8.99. The molecular formula is C16H13N3O2. The van der Waals surface area contributed by atoms with Gasteiger partial charge in [-0.1, -0.05) is 0 Å². The standard InChI is InChI=1S/C16H13N3O2/c17-9-12-1-6-16-18-10-15(19(16)11-12)13-2-4-14(5-3-13)21-8-7-20/h1-6,10-11,20H,7-8H2. The number of aromatic nitrogens is 2. The van der Waals surface area contributed by atoms with E-state index in [0.29, 0.717) is 11.3 Å². The highest BCUT2D eigenvalue weighted by molar-refractivity contribution is 5.64. The van der Waals surface area contributed by atoms with Gasteiger partial charge in [-0.15, -0.1) is 0 Å². The molecule has 5 heteroatoms. The summed E-state index contributed by atoms with van der Waals surface area (Å²) in [5, 5.41) is 17.7. The highest BCUT2D eigenvalue weighted by atomic mass is 16.5. The van der Waals surface area contributed by atoms with Crippen LogP contribution in [0.1, 0.15) is 5.56 Å². The number of hydrogen-bond donors (Lipinski definition) is 1. The summed E-state index contributed by atoms with van der Waals surface area (Å²) in [5.41, 5.74) is 3.28. The van der Waals surface area contributed by atoms with Crippen LogP contribution in [-0.2, 0) is 0 Å². The Bertz CT molecular complexity index is 800. The summed E-state index contributed by atoms with van der Waals surface area (Å²) in [7, 11) is 0. The molecule has 0 aliphatic rings. The van der Waals surface area contributed by atoms with Crippen LogP contribution in [0.4, 0.5) is 0 Å². The Kier molecular flexibility index (Phi) is 3.54. The van der Waals surface area contributed by atoms with Gasteiger partial charge < -0.3 is 9.84 Å². The minimum Gasteiger partial charge on any atom is -0.491 e. The molecule has 0 radical (unpaired) electrons. The van der Waals surface area contributed by atoms with Crippen molar-refractivity contribution in [2.75, 3.05) is 13.2 Å². The Morgan fingerprint density at radius 2 is 2.00 bits per heavy atom. The predicted octanol–water partition coefficient (Wildman–Crippen LogP) is 2.24. The van der Waals surface area contributed by atoms with Crippen molar-refractivity contribution in [3.8, 4) is 23.1 Å². The third-order valence-corrected chi connectivity index (χ3v) is 3.14. The second-order valence-corrected chi connectivity index (χ2v) is 4.50. The lowest BCUT2D eigenvalue weighted by Crippen LogP contribution is -2.01. The summed E-state index contributed by atoms with van der Waals surface area (Å²) in [6, 6.07) is 13.2. The molecule has 0 aliphatic carbocycles. The highest BCUT2D eigenvalue weighted by Gasteiger charge is 2.06. The van der Waals surface area contributed by atoms with Crippen LogP contribution in [0.25, 0.3) is 16.9 Å². The van der Waals surface area contributed by atoms with E-state index in [-0.39, 0.29) is 13.2 Å². The lowest BCUT2D eigenvalue weighted by molar-refractivity contribution is 0.201. The van der Waals surface area contributed by atoms with Crippen LogP contribution in [0.2, 0.25) is 0 Å². The lowest BCUT2D eigenvalue weighted by Gasteiger charge is -2.06. The van der Waals surface area contributed by atoms with Crippen LogP contribution in [0.15, 0.2) is 48.8 Å². The summed E-state index contributed by atoms with van der Waals surface area (Å²) >= 11 is 0. The molecule has 0 spiro atoms. The molecule has 0 atom stereocenters. The van der Waals surface area contributed by atoms with Crippen molar-refractivity contribution in [1.82, 2.24) is 9.38 Å². The van der Waals surface area contributed by atoms with Crippen molar-refractivity contribution in [3.05, 3.63) is 54.4 Å². The summed E-state index contributed by atoms with van der Waals surface area (Å²) in [5.74, 6) is 0.708. The van der Waals surface area contributed by atoms with Gasteiger partial charge in [-0.05, 0) is 36.4 Å². The van der Waals surface area contributed by atoms with Crippen LogP contribution in [-0.4, -0.2) is 27.7 Å². The van der Waals surface area contributed by atoms with Crippen LogP contribution >= 0.6 is 0 Å². The second-order valence-electron chi connectivity index (χ2n) is 4.50. The van der Waals surface area contributed by atoms with Gasteiger partial charge in [0, 0.05) is 11.8 Å². The van der Waals surface area contributed by atoms with Crippen molar-refractivity contribution in [3.63, 3.8) is 0 Å². The molecule has 0 saturated heterocycles. The molecule has 21 heavy (non-hydrogen) atoms. The van der Waals surface area contributed by atoms with Gasteiger partial charge in [0.1, 0.15) is 24.1 Å². The van der Waals surface area contributed by atoms with Gasteiger partial charge in [0.25, 0.3) is 0 Å². The van der Waals surface area contributed by atoms with E-state index in [2.05, 4.69) is 11.1 Å². The number of hydrogen-bond acceptors (Lipinski definition) is 4. The van der Waals surface area contributed by atoms with Gasteiger partial charge in [0.05, 0.1) is 24.1 Å². The van der Waals surface area contributed by atoms with Crippen molar-refractivity contribution in [2.24, 2.45) is 0 Å². The summed E-state index contributed by atoms with van der Waals surface area (Å²) in [6.45, 7) is 0.270. The molecule has 0 saturated carbocycles. The smallest absolute Gasteiger partial charge is 0.137 e. The zero-order chi connectivity index (χ0) is 14.7. The normalized spacial score (nSPS) is 10.5. The minimum absolute atomic E-state index is 0.00799. The third kappa shape index (κ3) is 2.57. The molecule has 3 aromatic rings. The van der Waals surface area contributed by atoms with Crippen LogP contribution in [0.3, 0.4) is 0 Å². The second kappa shape index (κ2) is 5.65. The largest absolute Gasteiger partial charge is 0.491 e. The maximum absolute atomic E-state index is 8.99. The van der Waals surface area contributed by atoms with Crippen molar-refractivity contribution < 1.29 is 9.84 Å². The number of nitrogens with zero attached hydrogens (tertiary/aromatic N) is 3. The number of aliphatic hydroxyl groups excluding tert-OH is 1. The lowest BCUT2D eigenvalue weighted by atomic mass is 10.1. The molecule has 0 amide bonds. The first kappa shape index (κ1) is 13.2. The molecule has 0 aliphatic heterocycles. The van der Waals surface area contributed by atoms with E-state index in [0.717, 1.165) is 16.9 Å². The van der Waals surface area contributed by atoms with E-state index in [1.165, 1.54) is 0 Å². The maximum Gasteiger partial charge on any atom is 0.137 e. The summed E-state index contributed by atoms with van der Waals surface area (Å²) in [4.78, 5) is 4.33. The molecule has 2 aromatic heterocycles. The van der Waals surface area contributed by atoms with Gasteiger partial charge in [-0.2, -0.15) is 5.26 Å². The number of benzene rings is 1. The Morgan fingerprint density at radius 1 is 1.19 bits per heavy atom. The minimum atomic E-state index is -0.00799. The fourth-order valence-corrected chi connectivity index (χ4v) is 2.15. The number of nitriles is 1. The van der Waals surface area contributed by atoms with E-state index in [9.17, 15) is 0 Å². The molecule has 0 bridgehead atoms. The predicted molar refractivity (Wildman–Crippen MR) is 77.9 cm³/mol. The first-order chi connectivity index (χ1) is 10.3. The first-order valence-corrected chi connectivity index (χ1v) is 6.53. The fraction of sp³-hybridized carbons (Fsp3) is 0.125. The number of imidazole rings is 1. The average molecular weight is 279 g/mol. The van der Waals surface area contributed by atoms with Gasteiger partial charge in [-0.3, -0.25) is 4.40 Å². The molecule has 0 unspecified atom stereocenters. The number of ether oxygens (including phenoxy) is 1. The van der Waals surface area contributed by atoms with Gasteiger partial charge in [0.15, 0.2) is 0 Å². The molecular weight excluding hydrogens is 266 g/mol. The van der Waals surface area contributed by atoms with Crippen LogP contribution in [0, 0.1) is 11.3 Å². The zero-order valence-electron chi connectivity index (χ0n) is 11.2. The molecule has 5 nitrogen and oxygen atoms in total. The molecule has 1 aromatic carbocycles. The highest BCUT2D eigenvalue weighted by Crippen LogP contribution is 2.23. The van der Waals surface area contributed by atoms with Crippen molar-refractivity contribution in [2.45, 2.75) is 0 Å². The Morgan fingerprint density at radius 3 is 2.71 bits per heavy atom. The Labute approximate surface area is 121 Å². The Hall–Kier alpha value is -2.84. The number of pyridine rings is 1. The number of aliphatic hydroxyl groups is 1. The molecule has 1 N–H and O–H groups in total. The quantitative estimate of drug-likeness (QED) is 0.795. The topological polar surface area (TPSA) is 70.5 Å². The van der Waals surface area contributed by atoms with E-state index < -0.39 is 0 Å². The third-order valence-electron chi connectivity index (χ3n) is 3.14. The number of rotatable bonds is 4. The fourth-order valence-electron chi connectivity index (χ4n) is 2.15. The van der Waals surface area contributed by atoms with Gasteiger partial charge in [-0.25, -0.2) is 4.98 Å². The average Bonchev–Trinajstić information content (AvgIpc) is 2.96. The molecule has 0 fully saturated rings. The molecule has 104 valence electrons. The summed E-state index contributed by atoms with van der Waals surface area (Å²) < 4.78 is 7.23. The van der Waals surface area contributed by atoms with E-state index in [1.54, 1.807) is 18.5 Å². The van der Waals surface area contributed by atoms with E-state index in [4.69, 9.17) is 15.1 Å². The summed E-state index contributed by atoms with van der Waals surface area (Å²) in [6.07, 6.45) is 3.55. The zero-order valence-corrected chi connectivity index (χ0v) is 11.2. The van der Waals surface area contributed by atoms with Crippen molar-refractivity contribution in [1.29, 1.82) is 5.26 Å². The number of fused-ring (bicyclic) bond motifs is 1. The van der Waals surface area contributed by atoms with Crippen LogP contribution in [0.5, 0.6) is 5.75 Å². The SMILES string of the molecule is N#Cc1ccc2ncc(-c3ccc(OCCO)cc3)n2c1. The van der Waals surface area contributed by atoms with E-state index >= 15 is 0 Å². The van der Waals surface area contributed by atoms with Gasteiger partial charge in [0.2, 0.25) is 0 Å². The first-order valence-electron chi connectivity index (χ1n) is 6.53. The molecule has 2 heterocycles. The van der Waals surface area contributed by atoms with Crippen molar-refractivity contribution >= 4 is 5.65 Å². The van der Waals surface area contributed by atoms with Gasteiger partial charge >= 0.3 is 0 Å².